The van der Waals surface area contributed by atoms with Crippen LogP contribution in [0.25, 0.3) is 0 Å². The number of carbonyl (C=O) groups excluding carboxylic acids is 3. The molecule has 0 aliphatic heterocycles. The first-order valence-electron chi connectivity index (χ1n) is 26.3. The third-order valence-electron chi connectivity index (χ3n) is 12.3. The first kappa shape index (κ1) is 57.4. The van der Waals surface area contributed by atoms with Crippen LogP contribution in [0.5, 0.6) is 0 Å². The monoisotopic (exact) mass is 835 g/mol. The number of esters is 3. The number of hydrogen-bond acceptors (Lipinski definition) is 6. The van der Waals surface area contributed by atoms with Crippen molar-refractivity contribution in [2.75, 3.05) is 13.2 Å². The summed E-state index contributed by atoms with van der Waals surface area (Å²) in [5, 5.41) is 0. The Labute approximate surface area is 368 Å². The maximum atomic E-state index is 12.8. The summed E-state index contributed by atoms with van der Waals surface area (Å²) in [6, 6.07) is 0. The summed E-state index contributed by atoms with van der Waals surface area (Å²) in [5.41, 5.74) is 0. The maximum Gasteiger partial charge on any atom is 0.306 e. The Bertz CT molecular complexity index is 902. The minimum Gasteiger partial charge on any atom is -0.462 e. The second-order valence-electron chi connectivity index (χ2n) is 18.9. The molecule has 0 spiro atoms. The van der Waals surface area contributed by atoms with Crippen LogP contribution >= 0.6 is 0 Å². The van der Waals surface area contributed by atoms with E-state index in [4.69, 9.17) is 14.2 Å². The Morgan fingerprint density at radius 3 is 0.966 bits per heavy atom. The van der Waals surface area contributed by atoms with Gasteiger partial charge < -0.3 is 14.2 Å². The zero-order valence-electron chi connectivity index (χ0n) is 40.4. The lowest BCUT2D eigenvalue weighted by molar-refractivity contribution is -0.167. The third kappa shape index (κ3) is 45.8. The Morgan fingerprint density at radius 1 is 0.356 bits per heavy atom. The number of unbranched alkanes of at least 4 members (excludes halogenated alkanes) is 31. The van der Waals surface area contributed by atoms with E-state index in [9.17, 15) is 14.4 Å². The van der Waals surface area contributed by atoms with Crippen molar-refractivity contribution in [2.24, 2.45) is 11.8 Å². The first-order valence-corrected chi connectivity index (χ1v) is 26.3. The fraction of sp³-hybridized carbons (Fsp3) is 0.943. The highest BCUT2D eigenvalue weighted by Gasteiger charge is 2.19. The van der Waals surface area contributed by atoms with Crippen molar-refractivity contribution >= 4 is 17.9 Å². The van der Waals surface area contributed by atoms with Crippen molar-refractivity contribution in [1.29, 1.82) is 0 Å². The summed E-state index contributed by atoms with van der Waals surface area (Å²) in [6.45, 7) is 11.4. The van der Waals surface area contributed by atoms with E-state index in [0.717, 1.165) is 69.6 Å². The second-order valence-corrected chi connectivity index (χ2v) is 18.9. The molecule has 0 aliphatic rings. The third-order valence-corrected chi connectivity index (χ3v) is 12.3. The molecule has 0 aromatic rings. The van der Waals surface area contributed by atoms with Gasteiger partial charge in [0, 0.05) is 19.3 Å². The highest BCUT2D eigenvalue weighted by molar-refractivity contribution is 5.71. The molecular formula is C53H102O6. The van der Waals surface area contributed by atoms with E-state index < -0.39 is 6.10 Å². The highest BCUT2D eigenvalue weighted by atomic mass is 16.6. The van der Waals surface area contributed by atoms with Gasteiger partial charge in [-0.25, -0.2) is 0 Å². The molecule has 0 heterocycles. The van der Waals surface area contributed by atoms with E-state index in [1.54, 1.807) is 0 Å². The van der Waals surface area contributed by atoms with Gasteiger partial charge in [-0.2, -0.15) is 0 Å². The molecule has 0 fully saturated rings. The Balaban J connectivity index is 4.25. The molecule has 1 unspecified atom stereocenters. The van der Waals surface area contributed by atoms with Crippen LogP contribution in [0.1, 0.15) is 291 Å². The lowest BCUT2D eigenvalue weighted by atomic mass is 9.99. The van der Waals surface area contributed by atoms with Crippen LogP contribution in [-0.2, 0) is 28.6 Å². The molecule has 0 saturated carbocycles. The molecule has 350 valence electrons. The molecule has 0 aliphatic carbocycles. The molecule has 6 nitrogen and oxygen atoms in total. The SMILES string of the molecule is CCCCCCCCCCCC(=O)OC[C@H](COC(=O)CCCCCCCCCCCCCCCCCC(C)C)OC(=O)CCCCCCCCCCCCC(C)CC. The molecule has 0 bridgehead atoms. The van der Waals surface area contributed by atoms with Crippen LogP contribution in [0.3, 0.4) is 0 Å². The molecule has 0 aromatic heterocycles. The zero-order chi connectivity index (χ0) is 43.3. The Kier molecular flexibility index (Phi) is 44.7. The average Bonchev–Trinajstić information content (AvgIpc) is 3.22. The lowest BCUT2D eigenvalue weighted by Gasteiger charge is -2.18. The lowest BCUT2D eigenvalue weighted by Crippen LogP contribution is -2.30. The largest absolute Gasteiger partial charge is 0.462 e. The molecule has 6 heteroatoms. The quantitative estimate of drug-likeness (QED) is 0.0345. The van der Waals surface area contributed by atoms with Gasteiger partial charge in [0.1, 0.15) is 13.2 Å². The predicted octanol–water partition coefficient (Wildman–Crippen LogP) is 16.9. The van der Waals surface area contributed by atoms with Crippen molar-refractivity contribution < 1.29 is 28.6 Å². The predicted molar refractivity (Wildman–Crippen MR) is 252 cm³/mol. The van der Waals surface area contributed by atoms with Crippen LogP contribution in [0.4, 0.5) is 0 Å². The van der Waals surface area contributed by atoms with E-state index in [-0.39, 0.29) is 31.1 Å². The van der Waals surface area contributed by atoms with Crippen LogP contribution in [0, 0.1) is 11.8 Å². The first-order chi connectivity index (χ1) is 28.8. The normalized spacial score (nSPS) is 12.5. The van der Waals surface area contributed by atoms with Crippen LogP contribution in [-0.4, -0.2) is 37.2 Å². The fourth-order valence-electron chi connectivity index (χ4n) is 7.96. The number of hydrogen-bond donors (Lipinski definition) is 0. The summed E-state index contributed by atoms with van der Waals surface area (Å²) < 4.78 is 16.8. The number of ether oxygens (including phenoxy) is 3. The minimum atomic E-state index is -0.761. The maximum absolute atomic E-state index is 12.8. The smallest absolute Gasteiger partial charge is 0.306 e. The van der Waals surface area contributed by atoms with Gasteiger partial charge in [-0.1, -0.05) is 253 Å². The van der Waals surface area contributed by atoms with Gasteiger partial charge in [-0.05, 0) is 31.1 Å². The molecule has 0 radical (unpaired) electrons. The average molecular weight is 835 g/mol. The van der Waals surface area contributed by atoms with Crippen LogP contribution in [0.15, 0.2) is 0 Å². The molecule has 2 atom stereocenters. The van der Waals surface area contributed by atoms with Gasteiger partial charge in [-0.3, -0.25) is 14.4 Å². The van der Waals surface area contributed by atoms with Gasteiger partial charge >= 0.3 is 17.9 Å². The summed E-state index contributed by atoms with van der Waals surface area (Å²) >= 11 is 0. The van der Waals surface area contributed by atoms with Crippen LogP contribution < -0.4 is 0 Å². The Hall–Kier alpha value is -1.59. The minimum absolute atomic E-state index is 0.0637. The summed E-state index contributed by atoms with van der Waals surface area (Å²) in [6.07, 6.45) is 46.6. The number of carbonyl (C=O) groups is 3. The molecule has 0 amide bonds. The summed E-state index contributed by atoms with van der Waals surface area (Å²) in [7, 11) is 0. The molecule has 0 rings (SSSR count). The topological polar surface area (TPSA) is 78.9 Å². The van der Waals surface area contributed by atoms with E-state index in [1.165, 1.54) is 180 Å². The summed E-state index contributed by atoms with van der Waals surface area (Å²) in [5.74, 6) is 0.867. The van der Waals surface area contributed by atoms with Gasteiger partial charge in [0.2, 0.25) is 0 Å². The molecule has 0 saturated heterocycles. The van der Waals surface area contributed by atoms with Crippen molar-refractivity contribution in [2.45, 2.75) is 298 Å². The van der Waals surface area contributed by atoms with E-state index in [1.807, 2.05) is 0 Å². The Morgan fingerprint density at radius 2 is 0.644 bits per heavy atom. The zero-order valence-corrected chi connectivity index (χ0v) is 40.4. The van der Waals surface area contributed by atoms with E-state index >= 15 is 0 Å². The van der Waals surface area contributed by atoms with Crippen molar-refractivity contribution in [3.63, 3.8) is 0 Å². The van der Waals surface area contributed by atoms with Gasteiger partial charge in [0.05, 0.1) is 0 Å². The van der Waals surface area contributed by atoms with Crippen molar-refractivity contribution in [1.82, 2.24) is 0 Å². The van der Waals surface area contributed by atoms with Gasteiger partial charge in [0.25, 0.3) is 0 Å². The molecule has 0 N–H and O–H groups in total. The summed E-state index contributed by atoms with van der Waals surface area (Å²) in [4.78, 5) is 37.9. The molecule has 59 heavy (non-hydrogen) atoms. The van der Waals surface area contributed by atoms with Crippen molar-refractivity contribution in [3.05, 3.63) is 0 Å². The van der Waals surface area contributed by atoms with E-state index in [0.29, 0.717) is 19.3 Å². The highest BCUT2D eigenvalue weighted by Crippen LogP contribution is 2.18. The van der Waals surface area contributed by atoms with Crippen molar-refractivity contribution in [3.8, 4) is 0 Å². The van der Waals surface area contributed by atoms with Gasteiger partial charge in [-0.15, -0.1) is 0 Å². The fourth-order valence-corrected chi connectivity index (χ4v) is 7.96. The molecular weight excluding hydrogens is 733 g/mol. The standard InChI is InChI=1S/C53H102O6/c1-6-8-9-10-11-21-28-33-38-43-51(54)57-46-50(59-53(56)45-40-35-30-25-20-19-23-27-32-37-42-49(5)7-2)47-58-52(55)44-39-34-29-24-18-16-14-12-13-15-17-22-26-31-36-41-48(3)4/h48-50H,6-47H2,1-5H3/t49?,50-/m1/s1. The molecule has 0 aromatic carbocycles. The van der Waals surface area contributed by atoms with E-state index in [2.05, 4.69) is 34.6 Å². The van der Waals surface area contributed by atoms with Crippen LogP contribution in [0.2, 0.25) is 0 Å². The second kappa shape index (κ2) is 45.9. The van der Waals surface area contributed by atoms with Gasteiger partial charge in [0.15, 0.2) is 6.10 Å². The number of rotatable bonds is 47.